The molecular formula is C30H34Cl2N2O2S. The summed E-state index contributed by atoms with van der Waals surface area (Å²) < 4.78 is 0. The standard InChI is InChI=1S/C30H34Cl2N2O2S/c1-3-4-16-33-30(36)28(18-23-8-6-5-7-9-23)34(19-25-14-15-26(31)27(32)17-25)29(35)21-37-20-24-12-10-22(2)11-13-24/h5-15,17,28H,3-4,16,18-21H2,1-2H3,(H,33,36)/t28-/m0/s1. The predicted molar refractivity (Wildman–Crippen MR) is 156 cm³/mol. The van der Waals surface area contributed by atoms with Crippen LogP contribution in [0.5, 0.6) is 0 Å². The SMILES string of the molecule is CCCCNC(=O)[C@H](Cc1ccccc1)N(Cc1ccc(Cl)c(Cl)c1)C(=O)CSCc1ccc(C)cc1. The molecule has 1 N–H and O–H groups in total. The van der Waals surface area contributed by atoms with Gasteiger partial charge in [-0.05, 0) is 42.2 Å². The molecule has 0 fully saturated rings. The zero-order valence-corrected chi connectivity index (χ0v) is 23.7. The summed E-state index contributed by atoms with van der Waals surface area (Å²) >= 11 is 14.0. The van der Waals surface area contributed by atoms with Crippen molar-refractivity contribution in [2.24, 2.45) is 0 Å². The van der Waals surface area contributed by atoms with Crippen molar-refractivity contribution in [3.8, 4) is 0 Å². The molecule has 3 aromatic rings. The first-order valence-electron chi connectivity index (χ1n) is 12.6. The average Bonchev–Trinajstić information content (AvgIpc) is 2.90. The van der Waals surface area contributed by atoms with E-state index in [1.165, 1.54) is 5.56 Å². The van der Waals surface area contributed by atoms with Gasteiger partial charge in [-0.15, -0.1) is 11.8 Å². The van der Waals surface area contributed by atoms with Crippen molar-refractivity contribution in [3.05, 3.63) is 105 Å². The smallest absolute Gasteiger partial charge is 0.243 e. The second-order valence-corrected chi connectivity index (χ2v) is 10.9. The monoisotopic (exact) mass is 556 g/mol. The van der Waals surface area contributed by atoms with Crippen molar-refractivity contribution < 1.29 is 9.59 Å². The Hall–Kier alpha value is -2.47. The maximum Gasteiger partial charge on any atom is 0.243 e. The first-order valence-corrected chi connectivity index (χ1v) is 14.5. The number of halogens is 2. The van der Waals surface area contributed by atoms with Gasteiger partial charge in [0.2, 0.25) is 11.8 Å². The molecule has 37 heavy (non-hydrogen) atoms. The molecule has 0 radical (unpaired) electrons. The van der Waals surface area contributed by atoms with Crippen molar-refractivity contribution in [3.63, 3.8) is 0 Å². The van der Waals surface area contributed by atoms with Gasteiger partial charge in [0, 0.05) is 25.3 Å². The minimum atomic E-state index is -0.652. The van der Waals surface area contributed by atoms with E-state index in [4.69, 9.17) is 23.2 Å². The number of nitrogens with one attached hydrogen (secondary N) is 1. The lowest BCUT2D eigenvalue weighted by Crippen LogP contribution is -2.51. The van der Waals surface area contributed by atoms with Gasteiger partial charge in [0.25, 0.3) is 0 Å². The highest BCUT2D eigenvalue weighted by Crippen LogP contribution is 2.25. The van der Waals surface area contributed by atoms with Gasteiger partial charge in [0.05, 0.1) is 15.8 Å². The molecule has 0 aliphatic heterocycles. The van der Waals surface area contributed by atoms with E-state index in [1.807, 2.05) is 36.4 Å². The summed E-state index contributed by atoms with van der Waals surface area (Å²) in [4.78, 5) is 28.8. The fourth-order valence-electron chi connectivity index (χ4n) is 3.92. The van der Waals surface area contributed by atoms with Crippen LogP contribution in [0.2, 0.25) is 10.0 Å². The molecule has 0 unspecified atom stereocenters. The number of hydrogen-bond acceptors (Lipinski definition) is 3. The Balaban J connectivity index is 1.84. The number of aryl methyl sites for hydroxylation is 1. The predicted octanol–water partition coefficient (Wildman–Crippen LogP) is 7.09. The summed E-state index contributed by atoms with van der Waals surface area (Å²) in [5.74, 6) is 0.755. The van der Waals surface area contributed by atoms with Gasteiger partial charge in [-0.2, -0.15) is 0 Å². The van der Waals surface area contributed by atoms with Crippen LogP contribution < -0.4 is 5.32 Å². The van der Waals surface area contributed by atoms with E-state index in [0.717, 1.165) is 35.3 Å². The number of benzene rings is 3. The van der Waals surface area contributed by atoms with E-state index in [9.17, 15) is 9.59 Å². The summed E-state index contributed by atoms with van der Waals surface area (Å²) in [6.45, 7) is 4.98. The Labute approximate surface area is 234 Å². The number of carbonyl (C=O) groups excluding carboxylic acids is 2. The Bertz CT molecular complexity index is 1160. The van der Waals surface area contributed by atoms with Gasteiger partial charge in [0.1, 0.15) is 6.04 Å². The summed E-state index contributed by atoms with van der Waals surface area (Å²) in [7, 11) is 0. The number of nitrogens with zero attached hydrogens (tertiary/aromatic N) is 1. The largest absolute Gasteiger partial charge is 0.354 e. The number of thioether (sulfide) groups is 1. The summed E-state index contributed by atoms with van der Waals surface area (Å²) in [6, 6.07) is 22.8. The molecule has 196 valence electrons. The van der Waals surface area contributed by atoms with Gasteiger partial charge in [-0.1, -0.05) is 103 Å². The van der Waals surface area contributed by atoms with Crippen molar-refractivity contribution in [1.29, 1.82) is 0 Å². The molecular weight excluding hydrogens is 523 g/mol. The lowest BCUT2D eigenvalue weighted by atomic mass is 10.0. The fourth-order valence-corrected chi connectivity index (χ4v) is 5.11. The molecule has 0 heterocycles. The van der Waals surface area contributed by atoms with E-state index >= 15 is 0 Å². The Kier molecular flexibility index (Phi) is 11.8. The van der Waals surface area contributed by atoms with E-state index in [2.05, 4.69) is 43.4 Å². The molecule has 0 saturated heterocycles. The quantitative estimate of drug-likeness (QED) is 0.228. The van der Waals surface area contributed by atoms with Crippen LogP contribution >= 0.6 is 35.0 Å². The molecule has 0 aromatic heterocycles. The van der Waals surface area contributed by atoms with E-state index in [1.54, 1.807) is 28.8 Å². The number of amides is 2. The maximum absolute atomic E-state index is 13.7. The Morgan fingerprint density at radius 3 is 2.30 bits per heavy atom. The molecule has 2 amide bonds. The first kappa shape index (κ1) is 29.1. The van der Waals surface area contributed by atoms with Gasteiger partial charge in [-0.3, -0.25) is 9.59 Å². The van der Waals surface area contributed by atoms with E-state index in [-0.39, 0.29) is 24.1 Å². The lowest BCUT2D eigenvalue weighted by Gasteiger charge is -2.31. The molecule has 0 saturated carbocycles. The van der Waals surface area contributed by atoms with Crippen LogP contribution in [0.3, 0.4) is 0 Å². The first-order chi connectivity index (χ1) is 17.9. The molecule has 4 nitrogen and oxygen atoms in total. The summed E-state index contributed by atoms with van der Waals surface area (Å²) in [5.41, 5.74) is 4.19. The molecule has 0 spiro atoms. The van der Waals surface area contributed by atoms with Gasteiger partial charge in [-0.25, -0.2) is 0 Å². The van der Waals surface area contributed by atoms with Crippen LogP contribution in [-0.4, -0.2) is 35.1 Å². The highest BCUT2D eigenvalue weighted by Gasteiger charge is 2.30. The van der Waals surface area contributed by atoms with Crippen LogP contribution in [0.4, 0.5) is 0 Å². The molecule has 0 aliphatic rings. The lowest BCUT2D eigenvalue weighted by molar-refractivity contribution is -0.139. The molecule has 3 aromatic carbocycles. The van der Waals surface area contributed by atoms with Gasteiger partial charge in [0.15, 0.2) is 0 Å². The molecule has 7 heteroatoms. The minimum absolute atomic E-state index is 0.0882. The maximum atomic E-state index is 13.7. The van der Waals surface area contributed by atoms with Crippen molar-refractivity contribution in [1.82, 2.24) is 10.2 Å². The van der Waals surface area contributed by atoms with Gasteiger partial charge >= 0.3 is 0 Å². The molecule has 0 bridgehead atoms. The van der Waals surface area contributed by atoms with Crippen LogP contribution in [-0.2, 0) is 28.3 Å². The molecule has 3 rings (SSSR count). The van der Waals surface area contributed by atoms with E-state index < -0.39 is 6.04 Å². The van der Waals surface area contributed by atoms with Crippen molar-refractivity contribution in [2.45, 2.75) is 51.4 Å². The third-order valence-electron chi connectivity index (χ3n) is 6.05. The number of unbranched alkanes of at least 4 members (excludes halogenated alkanes) is 1. The van der Waals surface area contributed by atoms with Crippen LogP contribution in [0, 0.1) is 6.92 Å². The Morgan fingerprint density at radius 1 is 0.919 bits per heavy atom. The number of carbonyl (C=O) groups is 2. The average molecular weight is 558 g/mol. The van der Waals surface area contributed by atoms with Crippen LogP contribution in [0.15, 0.2) is 72.8 Å². The van der Waals surface area contributed by atoms with Crippen molar-refractivity contribution >= 4 is 46.8 Å². The minimum Gasteiger partial charge on any atom is -0.354 e. The molecule has 0 aliphatic carbocycles. The summed E-state index contributed by atoms with van der Waals surface area (Å²) in [5, 5.41) is 3.92. The van der Waals surface area contributed by atoms with E-state index in [0.29, 0.717) is 23.0 Å². The normalized spacial score (nSPS) is 11.7. The zero-order chi connectivity index (χ0) is 26.6. The Morgan fingerprint density at radius 2 is 1.62 bits per heavy atom. The highest BCUT2D eigenvalue weighted by atomic mass is 35.5. The van der Waals surface area contributed by atoms with Gasteiger partial charge < -0.3 is 10.2 Å². The highest BCUT2D eigenvalue weighted by molar-refractivity contribution is 7.99. The van der Waals surface area contributed by atoms with Crippen molar-refractivity contribution in [2.75, 3.05) is 12.3 Å². The fraction of sp³-hybridized carbons (Fsp3) is 0.333. The second kappa shape index (κ2) is 15.1. The number of hydrogen-bond donors (Lipinski definition) is 1. The van der Waals surface area contributed by atoms with Crippen LogP contribution in [0.25, 0.3) is 0 Å². The topological polar surface area (TPSA) is 49.4 Å². The summed E-state index contributed by atoms with van der Waals surface area (Å²) in [6.07, 6.45) is 2.29. The molecule has 1 atom stereocenters. The van der Waals surface area contributed by atoms with Crippen LogP contribution in [0.1, 0.15) is 42.0 Å². The zero-order valence-electron chi connectivity index (χ0n) is 21.4. The number of rotatable bonds is 13. The third kappa shape index (κ3) is 9.41. The second-order valence-electron chi connectivity index (χ2n) is 9.10. The third-order valence-corrected chi connectivity index (χ3v) is 7.78.